The molecular weight excluding hydrogens is 270 g/mol. The van der Waals surface area contributed by atoms with Gasteiger partial charge in [0.15, 0.2) is 0 Å². The van der Waals surface area contributed by atoms with Crippen molar-refractivity contribution in [2.45, 2.75) is 26.2 Å². The molecule has 0 saturated carbocycles. The predicted molar refractivity (Wildman–Crippen MR) is 79.0 cm³/mol. The minimum atomic E-state index is -0.148. The van der Waals surface area contributed by atoms with Crippen LogP contribution in [-0.2, 0) is 11.2 Å². The molecule has 21 heavy (non-hydrogen) atoms. The molecule has 0 atom stereocenters. The van der Waals surface area contributed by atoms with Crippen molar-refractivity contribution in [3.8, 4) is 0 Å². The Bertz CT molecular complexity index is 485. The number of carbonyl (C=O) groups excluding carboxylic acids is 2. The van der Waals surface area contributed by atoms with E-state index in [-0.39, 0.29) is 11.8 Å². The van der Waals surface area contributed by atoms with Crippen LogP contribution >= 0.6 is 0 Å². The molecule has 1 aliphatic rings. The maximum atomic E-state index is 11.9. The van der Waals surface area contributed by atoms with E-state index >= 15 is 0 Å². The number of carbonyl (C=O) groups is 2. The average Bonchev–Trinajstić information content (AvgIpc) is 2.93. The second kappa shape index (κ2) is 7.78. The molecule has 1 saturated heterocycles. The Balaban J connectivity index is 1.65. The SMILES string of the molecule is CCCc1cc(C(=O)NCCCN2CCNC(=O)C2)n[nH]1. The van der Waals surface area contributed by atoms with E-state index in [4.69, 9.17) is 0 Å². The molecule has 7 heteroatoms. The van der Waals surface area contributed by atoms with Crippen LogP contribution in [0.5, 0.6) is 0 Å². The van der Waals surface area contributed by atoms with E-state index in [1.165, 1.54) is 0 Å². The summed E-state index contributed by atoms with van der Waals surface area (Å²) >= 11 is 0. The Morgan fingerprint density at radius 1 is 1.52 bits per heavy atom. The molecule has 0 radical (unpaired) electrons. The first-order valence-corrected chi connectivity index (χ1v) is 7.50. The summed E-state index contributed by atoms with van der Waals surface area (Å²) in [5.41, 5.74) is 1.43. The lowest BCUT2D eigenvalue weighted by Gasteiger charge is -2.26. The molecule has 2 amide bonds. The molecule has 2 rings (SSSR count). The molecule has 3 N–H and O–H groups in total. The standard InChI is InChI=1S/C14H23N5O2/c1-2-4-11-9-12(18-17-11)14(21)16-5-3-7-19-8-6-15-13(20)10-19/h9H,2-8,10H2,1H3,(H,15,20)(H,16,21)(H,17,18). The first kappa shape index (κ1) is 15.5. The topological polar surface area (TPSA) is 90.1 Å². The summed E-state index contributed by atoms with van der Waals surface area (Å²) < 4.78 is 0. The second-order valence-electron chi connectivity index (χ2n) is 5.26. The van der Waals surface area contributed by atoms with Gasteiger partial charge in [-0.15, -0.1) is 0 Å². The highest BCUT2D eigenvalue weighted by Crippen LogP contribution is 2.02. The van der Waals surface area contributed by atoms with Gasteiger partial charge in [-0.3, -0.25) is 19.6 Å². The third kappa shape index (κ3) is 4.86. The normalized spacial score (nSPS) is 15.8. The fourth-order valence-electron chi connectivity index (χ4n) is 2.35. The predicted octanol–water partition coefficient (Wildman–Crippen LogP) is -0.0861. The summed E-state index contributed by atoms with van der Waals surface area (Å²) in [6.07, 6.45) is 2.75. The lowest BCUT2D eigenvalue weighted by atomic mass is 10.2. The number of hydrogen-bond donors (Lipinski definition) is 3. The number of aromatic amines is 1. The number of piperazine rings is 1. The molecule has 0 bridgehead atoms. The molecule has 0 aromatic carbocycles. The second-order valence-corrected chi connectivity index (χ2v) is 5.26. The van der Waals surface area contributed by atoms with Crippen molar-refractivity contribution in [1.29, 1.82) is 0 Å². The first-order chi connectivity index (χ1) is 10.2. The van der Waals surface area contributed by atoms with Gasteiger partial charge >= 0.3 is 0 Å². The highest BCUT2D eigenvalue weighted by molar-refractivity contribution is 5.92. The van der Waals surface area contributed by atoms with E-state index in [1.807, 2.05) is 0 Å². The van der Waals surface area contributed by atoms with Crippen LogP contribution in [0.3, 0.4) is 0 Å². The van der Waals surface area contributed by atoms with Gasteiger partial charge in [0.25, 0.3) is 5.91 Å². The van der Waals surface area contributed by atoms with Gasteiger partial charge in [-0.25, -0.2) is 0 Å². The number of amides is 2. The zero-order valence-electron chi connectivity index (χ0n) is 12.4. The molecule has 1 fully saturated rings. The molecule has 0 spiro atoms. The molecule has 1 aromatic heterocycles. The van der Waals surface area contributed by atoms with Crippen LogP contribution in [0.25, 0.3) is 0 Å². The van der Waals surface area contributed by atoms with E-state index in [0.717, 1.165) is 38.0 Å². The van der Waals surface area contributed by atoms with Gasteiger partial charge in [0, 0.05) is 31.9 Å². The summed E-state index contributed by atoms with van der Waals surface area (Å²) in [6, 6.07) is 1.80. The van der Waals surface area contributed by atoms with E-state index in [0.29, 0.717) is 25.3 Å². The number of nitrogens with zero attached hydrogens (tertiary/aromatic N) is 2. The number of hydrogen-bond acceptors (Lipinski definition) is 4. The third-order valence-corrected chi connectivity index (χ3v) is 3.44. The van der Waals surface area contributed by atoms with Crippen molar-refractivity contribution >= 4 is 11.8 Å². The molecular formula is C14H23N5O2. The first-order valence-electron chi connectivity index (χ1n) is 7.50. The maximum Gasteiger partial charge on any atom is 0.271 e. The number of aryl methyl sites for hydroxylation is 1. The van der Waals surface area contributed by atoms with Gasteiger partial charge in [0.2, 0.25) is 5.91 Å². The lowest BCUT2D eigenvalue weighted by Crippen LogP contribution is -2.48. The largest absolute Gasteiger partial charge is 0.354 e. The van der Waals surface area contributed by atoms with Gasteiger partial charge in [-0.1, -0.05) is 13.3 Å². The number of aromatic nitrogens is 2. The minimum Gasteiger partial charge on any atom is -0.354 e. The van der Waals surface area contributed by atoms with Crippen molar-refractivity contribution in [3.05, 3.63) is 17.5 Å². The Kier molecular flexibility index (Phi) is 5.74. The van der Waals surface area contributed by atoms with Crippen molar-refractivity contribution in [2.24, 2.45) is 0 Å². The van der Waals surface area contributed by atoms with Crippen LogP contribution in [0.4, 0.5) is 0 Å². The zero-order valence-corrected chi connectivity index (χ0v) is 12.4. The van der Waals surface area contributed by atoms with Gasteiger partial charge in [0.05, 0.1) is 6.54 Å². The fraction of sp³-hybridized carbons (Fsp3) is 0.643. The number of rotatable bonds is 7. The van der Waals surface area contributed by atoms with E-state index in [1.54, 1.807) is 6.07 Å². The van der Waals surface area contributed by atoms with Crippen molar-refractivity contribution in [1.82, 2.24) is 25.7 Å². The van der Waals surface area contributed by atoms with Crippen LogP contribution in [0.15, 0.2) is 6.07 Å². The molecule has 116 valence electrons. The summed E-state index contributed by atoms with van der Waals surface area (Å²) in [4.78, 5) is 25.2. The Labute approximate surface area is 124 Å². The molecule has 0 aliphatic carbocycles. The maximum absolute atomic E-state index is 11.9. The fourth-order valence-corrected chi connectivity index (χ4v) is 2.35. The molecule has 0 unspecified atom stereocenters. The lowest BCUT2D eigenvalue weighted by molar-refractivity contribution is -0.124. The van der Waals surface area contributed by atoms with E-state index in [9.17, 15) is 9.59 Å². The Morgan fingerprint density at radius 3 is 3.14 bits per heavy atom. The highest BCUT2D eigenvalue weighted by atomic mass is 16.2. The van der Waals surface area contributed by atoms with Gasteiger partial charge in [-0.05, 0) is 18.9 Å². The van der Waals surface area contributed by atoms with Gasteiger partial charge in [0.1, 0.15) is 5.69 Å². The summed E-state index contributed by atoms with van der Waals surface area (Å²) in [5, 5.41) is 12.5. The van der Waals surface area contributed by atoms with Crippen LogP contribution in [0.2, 0.25) is 0 Å². The summed E-state index contributed by atoms with van der Waals surface area (Å²) in [6.45, 7) is 5.52. The average molecular weight is 293 g/mol. The van der Waals surface area contributed by atoms with Crippen LogP contribution in [-0.4, -0.2) is 59.6 Å². The molecule has 7 nitrogen and oxygen atoms in total. The summed E-state index contributed by atoms with van der Waals surface area (Å²) in [5.74, 6) is -0.0738. The van der Waals surface area contributed by atoms with Crippen molar-refractivity contribution < 1.29 is 9.59 Å². The molecule has 1 aliphatic heterocycles. The van der Waals surface area contributed by atoms with Crippen molar-refractivity contribution in [2.75, 3.05) is 32.7 Å². The number of nitrogens with one attached hydrogen (secondary N) is 3. The smallest absolute Gasteiger partial charge is 0.271 e. The highest BCUT2D eigenvalue weighted by Gasteiger charge is 2.15. The van der Waals surface area contributed by atoms with Crippen LogP contribution in [0, 0.1) is 0 Å². The Morgan fingerprint density at radius 2 is 2.38 bits per heavy atom. The Hall–Kier alpha value is -1.89. The van der Waals surface area contributed by atoms with Gasteiger partial charge in [-0.2, -0.15) is 5.10 Å². The van der Waals surface area contributed by atoms with E-state index in [2.05, 4.69) is 32.7 Å². The van der Waals surface area contributed by atoms with Crippen LogP contribution < -0.4 is 10.6 Å². The van der Waals surface area contributed by atoms with Crippen LogP contribution in [0.1, 0.15) is 35.9 Å². The van der Waals surface area contributed by atoms with E-state index < -0.39 is 0 Å². The zero-order chi connectivity index (χ0) is 15.1. The third-order valence-electron chi connectivity index (χ3n) is 3.44. The quantitative estimate of drug-likeness (QED) is 0.613. The monoisotopic (exact) mass is 293 g/mol. The minimum absolute atomic E-state index is 0.0743. The van der Waals surface area contributed by atoms with Crippen molar-refractivity contribution in [3.63, 3.8) is 0 Å². The number of H-pyrrole nitrogens is 1. The van der Waals surface area contributed by atoms with Gasteiger partial charge < -0.3 is 10.6 Å². The molecule has 1 aromatic rings. The molecule has 2 heterocycles. The summed E-state index contributed by atoms with van der Waals surface area (Å²) in [7, 11) is 0.